The molecule has 4 atom stereocenters. The molecule has 4 bridgehead atoms. The molecular formula is C8H9BrF2. The van der Waals surface area contributed by atoms with Gasteiger partial charge >= 0.3 is 0 Å². The molecule has 0 aromatic carbocycles. The summed E-state index contributed by atoms with van der Waals surface area (Å²) < 4.78 is 26.5. The Balaban J connectivity index is 2.04. The van der Waals surface area contributed by atoms with Gasteiger partial charge in [-0.3, -0.25) is 0 Å². The summed E-state index contributed by atoms with van der Waals surface area (Å²) >= 11 is 3.36. The van der Waals surface area contributed by atoms with Crippen LogP contribution in [0.2, 0.25) is 0 Å². The van der Waals surface area contributed by atoms with E-state index in [1.165, 1.54) is 0 Å². The van der Waals surface area contributed by atoms with Gasteiger partial charge in [0, 0.05) is 17.2 Å². The fourth-order valence-corrected chi connectivity index (χ4v) is 4.50. The first kappa shape index (κ1) is 6.81. The maximum Gasteiger partial charge on any atom is 0.254 e. The van der Waals surface area contributed by atoms with Crippen molar-refractivity contribution in [3.8, 4) is 0 Å². The molecule has 4 aliphatic carbocycles. The second-order valence-corrected chi connectivity index (χ2v) is 4.82. The van der Waals surface area contributed by atoms with Gasteiger partial charge in [-0.15, -0.1) is 0 Å². The number of hydrogen-bond acceptors (Lipinski definition) is 0. The van der Waals surface area contributed by atoms with Gasteiger partial charge in [0.25, 0.3) is 5.92 Å². The van der Waals surface area contributed by atoms with Crippen molar-refractivity contribution in [1.29, 1.82) is 0 Å². The van der Waals surface area contributed by atoms with Crippen LogP contribution in [0.1, 0.15) is 12.8 Å². The third-order valence-electron chi connectivity index (χ3n) is 4.02. The first-order valence-electron chi connectivity index (χ1n) is 4.07. The van der Waals surface area contributed by atoms with E-state index in [0.717, 1.165) is 18.2 Å². The molecule has 0 aromatic heterocycles. The van der Waals surface area contributed by atoms with Crippen LogP contribution in [0, 0.1) is 23.2 Å². The van der Waals surface area contributed by atoms with E-state index in [4.69, 9.17) is 0 Å². The zero-order chi connectivity index (χ0) is 7.85. The monoisotopic (exact) mass is 222 g/mol. The Kier molecular flexibility index (Phi) is 0.943. The largest absolute Gasteiger partial charge is 0.254 e. The van der Waals surface area contributed by atoms with E-state index in [-0.39, 0.29) is 17.3 Å². The Hall–Kier alpha value is 0.340. The zero-order valence-electron chi connectivity index (χ0n) is 5.99. The predicted octanol–water partition coefficient (Wildman–Crippen LogP) is 2.67. The summed E-state index contributed by atoms with van der Waals surface area (Å²) in [6.07, 6.45) is 1.57. The Bertz CT molecular complexity index is 228. The lowest BCUT2D eigenvalue weighted by Gasteiger charge is -2.12. The minimum atomic E-state index is -2.31. The molecule has 11 heavy (non-hydrogen) atoms. The van der Waals surface area contributed by atoms with Crippen molar-refractivity contribution >= 4 is 15.9 Å². The average molecular weight is 223 g/mol. The summed E-state index contributed by atoms with van der Waals surface area (Å²) in [6.45, 7) is 0. The third-order valence-corrected chi connectivity index (χ3v) is 5.07. The lowest BCUT2D eigenvalue weighted by molar-refractivity contribution is -0.0385. The molecule has 3 heteroatoms. The Morgan fingerprint density at radius 2 is 2.18 bits per heavy atom. The third kappa shape index (κ3) is 0.489. The minimum Gasteiger partial charge on any atom is -0.206 e. The fraction of sp³-hybridized carbons (Fsp3) is 1.00. The molecule has 0 saturated heterocycles. The SMILES string of the molecule is FC1(F)C2CC3C1C3(CBr)C2. The lowest BCUT2D eigenvalue weighted by Crippen LogP contribution is -2.20. The van der Waals surface area contributed by atoms with Gasteiger partial charge in [0.15, 0.2) is 0 Å². The van der Waals surface area contributed by atoms with Crippen molar-refractivity contribution in [2.75, 3.05) is 5.33 Å². The van der Waals surface area contributed by atoms with Crippen LogP contribution >= 0.6 is 15.9 Å². The van der Waals surface area contributed by atoms with Crippen LogP contribution in [0.5, 0.6) is 0 Å². The highest BCUT2D eigenvalue weighted by molar-refractivity contribution is 9.09. The van der Waals surface area contributed by atoms with Crippen LogP contribution in [0.4, 0.5) is 8.78 Å². The second kappa shape index (κ2) is 1.52. The van der Waals surface area contributed by atoms with Gasteiger partial charge in [0.05, 0.1) is 0 Å². The van der Waals surface area contributed by atoms with Gasteiger partial charge < -0.3 is 0 Å². The Morgan fingerprint density at radius 3 is 2.36 bits per heavy atom. The van der Waals surface area contributed by atoms with Crippen molar-refractivity contribution in [1.82, 2.24) is 0 Å². The number of hydrogen-bond donors (Lipinski definition) is 0. The van der Waals surface area contributed by atoms with Crippen molar-refractivity contribution < 1.29 is 8.78 Å². The van der Waals surface area contributed by atoms with E-state index >= 15 is 0 Å². The molecule has 0 heterocycles. The average Bonchev–Trinajstić information content (AvgIpc) is 2.21. The van der Waals surface area contributed by atoms with Crippen molar-refractivity contribution in [2.45, 2.75) is 18.8 Å². The smallest absolute Gasteiger partial charge is 0.206 e. The van der Waals surface area contributed by atoms with Crippen molar-refractivity contribution in [3.05, 3.63) is 0 Å². The van der Waals surface area contributed by atoms with Crippen LogP contribution in [-0.4, -0.2) is 11.3 Å². The molecule has 0 aliphatic heterocycles. The van der Waals surface area contributed by atoms with E-state index < -0.39 is 5.92 Å². The standard InChI is InChI=1S/C8H9BrF2/c9-3-7-2-4-1-5(7)6(7)8(4,10)11/h4-6H,1-3H2. The second-order valence-electron chi connectivity index (χ2n) is 4.26. The van der Waals surface area contributed by atoms with E-state index in [0.29, 0.717) is 5.92 Å². The molecule has 62 valence electrons. The van der Waals surface area contributed by atoms with E-state index in [9.17, 15) is 8.78 Å². The summed E-state index contributed by atoms with van der Waals surface area (Å²) in [7, 11) is 0. The fourth-order valence-electron chi connectivity index (χ4n) is 3.51. The molecule has 4 aliphatic rings. The summed E-state index contributed by atoms with van der Waals surface area (Å²) in [5, 5.41) is 0.793. The summed E-state index contributed by atoms with van der Waals surface area (Å²) in [5.41, 5.74) is 0.0359. The molecule has 4 saturated carbocycles. The first-order valence-corrected chi connectivity index (χ1v) is 5.19. The zero-order valence-corrected chi connectivity index (χ0v) is 7.57. The number of alkyl halides is 3. The van der Waals surface area contributed by atoms with Crippen LogP contribution < -0.4 is 0 Å². The number of halogens is 3. The van der Waals surface area contributed by atoms with Gasteiger partial charge in [0.2, 0.25) is 0 Å². The van der Waals surface area contributed by atoms with Crippen molar-refractivity contribution in [2.24, 2.45) is 23.2 Å². The summed E-state index contributed by atoms with van der Waals surface area (Å²) in [6, 6.07) is 0. The van der Waals surface area contributed by atoms with E-state index in [1.807, 2.05) is 0 Å². The highest BCUT2D eigenvalue weighted by Crippen LogP contribution is 2.84. The quantitative estimate of drug-likeness (QED) is 0.599. The maximum atomic E-state index is 13.2. The van der Waals surface area contributed by atoms with Gasteiger partial charge in [-0.2, -0.15) is 0 Å². The molecule has 4 fully saturated rings. The molecular weight excluding hydrogens is 214 g/mol. The molecule has 0 nitrogen and oxygen atoms in total. The van der Waals surface area contributed by atoms with Gasteiger partial charge in [-0.1, -0.05) is 15.9 Å². The van der Waals surface area contributed by atoms with Crippen LogP contribution in [0.15, 0.2) is 0 Å². The molecule has 0 radical (unpaired) electrons. The van der Waals surface area contributed by atoms with E-state index in [2.05, 4.69) is 15.9 Å². The lowest BCUT2D eigenvalue weighted by atomic mass is 10.1. The maximum absolute atomic E-state index is 13.2. The minimum absolute atomic E-state index is 0.0359. The molecule has 0 aromatic rings. The Labute approximate surface area is 72.5 Å². The molecule has 0 amide bonds. The van der Waals surface area contributed by atoms with Gasteiger partial charge in [-0.25, -0.2) is 8.78 Å². The van der Waals surface area contributed by atoms with Gasteiger partial charge in [0.1, 0.15) is 0 Å². The first-order chi connectivity index (χ1) is 5.13. The molecule has 0 spiro atoms. The highest BCUT2D eigenvalue weighted by atomic mass is 79.9. The molecule has 4 rings (SSSR count). The Morgan fingerprint density at radius 1 is 1.45 bits per heavy atom. The summed E-state index contributed by atoms with van der Waals surface area (Å²) in [4.78, 5) is 0. The topological polar surface area (TPSA) is 0 Å². The van der Waals surface area contributed by atoms with Crippen LogP contribution in [0.3, 0.4) is 0 Å². The summed E-state index contributed by atoms with van der Waals surface area (Å²) in [5.74, 6) is -2.46. The number of rotatable bonds is 1. The van der Waals surface area contributed by atoms with Crippen LogP contribution in [-0.2, 0) is 0 Å². The highest BCUT2D eigenvalue weighted by Gasteiger charge is 2.85. The van der Waals surface area contributed by atoms with Gasteiger partial charge in [-0.05, 0) is 24.2 Å². The molecule has 0 N–H and O–H groups in total. The van der Waals surface area contributed by atoms with Crippen molar-refractivity contribution in [3.63, 3.8) is 0 Å². The predicted molar refractivity (Wildman–Crippen MR) is 40.9 cm³/mol. The molecule has 4 unspecified atom stereocenters. The van der Waals surface area contributed by atoms with E-state index in [1.54, 1.807) is 0 Å². The van der Waals surface area contributed by atoms with Crippen LogP contribution in [0.25, 0.3) is 0 Å². The normalized spacial score (nSPS) is 61.9.